The number of para-hydroxylation sites is 2. The summed E-state index contributed by atoms with van der Waals surface area (Å²) in [7, 11) is 0. The Morgan fingerprint density at radius 2 is 2.04 bits per heavy atom. The van der Waals surface area contributed by atoms with Crippen LogP contribution in [0.4, 0.5) is 5.82 Å². The molecule has 1 aliphatic heterocycles. The molecule has 2 aromatic heterocycles. The van der Waals surface area contributed by atoms with Gasteiger partial charge in [-0.2, -0.15) is 0 Å². The van der Waals surface area contributed by atoms with Crippen molar-refractivity contribution in [3.63, 3.8) is 0 Å². The average Bonchev–Trinajstić information content (AvgIpc) is 3.25. The molecule has 0 saturated carbocycles. The Morgan fingerprint density at radius 1 is 1.17 bits per heavy atom. The van der Waals surface area contributed by atoms with Gasteiger partial charge in [0.2, 0.25) is 11.9 Å². The molecule has 116 valence electrons. The van der Waals surface area contributed by atoms with Gasteiger partial charge >= 0.3 is 0 Å². The van der Waals surface area contributed by atoms with Crippen LogP contribution in [0.15, 0.2) is 46.4 Å². The summed E-state index contributed by atoms with van der Waals surface area (Å²) >= 11 is 1.48. The van der Waals surface area contributed by atoms with Crippen molar-refractivity contribution >= 4 is 23.1 Å². The van der Waals surface area contributed by atoms with E-state index in [2.05, 4.69) is 15.6 Å². The van der Waals surface area contributed by atoms with Crippen LogP contribution in [0.2, 0.25) is 0 Å². The zero-order valence-corrected chi connectivity index (χ0v) is 12.6. The second-order valence-electron chi connectivity index (χ2n) is 4.79. The number of carbonyl (C=O) groups is 1. The second-order valence-corrected chi connectivity index (χ2v) is 5.74. The fourth-order valence-corrected chi connectivity index (χ4v) is 2.90. The third-order valence-electron chi connectivity index (χ3n) is 3.29. The fraction of sp³-hybridized carbons (Fsp3) is 0.133. The van der Waals surface area contributed by atoms with Crippen molar-refractivity contribution in [1.29, 1.82) is 0 Å². The van der Waals surface area contributed by atoms with Crippen LogP contribution < -0.4 is 14.8 Å². The first-order valence-corrected chi connectivity index (χ1v) is 7.75. The van der Waals surface area contributed by atoms with E-state index in [4.69, 9.17) is 14.1 Å². The summed E-state index contributed by atoms with van der Waals surface area (Å²) in [6.07, 6.45) is -0.766. The standard InChI is InChI=1S/C15H11N3O4S/c19-15(11-8-20-9-4-1-2-5-10(9)21-11)16-14-13(17-22-18-14)12-6-3-7-23-12/h1-7,11H,8H2,(H,16,18,19). The van der Waals surface area contributed by atoms with Crippen LogP contribution in [0.3, 0.4) is 0 Å². The van der Waals surface area contributed by atoms with Crippen LogP contribution in [0.1, 0.15) is 0 Å². The van der Waals surface area contributed by atoms with Gasteiger partial charge in [0.15, 0.2) is 17.2 Å². The molecule has 1 unspecified atom stereocenters. The van der Waals surface area contributed by atoms with Crippen molar-refractivity contribution in [2.45, 2.75) is 6.10 Å². The molecule has 0 radical (unpaired) electrons. The number of hydrogen-bond donors (Lipinski definition) is 1. The minimum Gasteiger partial charge on any atom is -0.485 e. The Morgan fingerprint density at radius 3 is 2.87 bits per heavy atom. The third-order valence-corrected chi connectivity index (χ3v) is 4.16. The predicted molar refractivity (Wildman–Crippen MR) is 82.6 cm³/mol. The van der Waals surface area contributed by atoms with Gasteiger partial charge in [-0.1, -0.05) is 18.2 Å². The zero-order chi connectivity index (χ0) is 15.6. The first-order valence-electron chi connectivity index (χ1n) is 6.87. The normalized spacial score (nSPS) is 16.1. The minimum absolute atomic E-state index is 0.127. The maximum atomic E-state index is 12.4. The Kier molecular flexibility index (Phi) is 3.43. The molecule has 0 saturated heterocycles. The first kappa shape index (κ1) is 13.8. The first-order chi connectivity index (χ1) is 11.3. The molecule has 0 fully saturated rings. The summed E-state index contributed by atoms with van der Waals surface area (Å²) in [4.78, 5) is 13.2. The van der Waals surface area contributed by atoms with Gasteiger partial charge in [-0.15, -0.1) is 11.3 Å². The molecule has 0 spiro atoms. The Hall–Kier alpha value is -2.87. The van der Waals surface area contributed by atoms with Gasteiger partial charge in [-0.25, -0.2) is 4.63 Å². The minimum atomic E-state index is -0.766. The maximum absolute atomic E-state index is 12.4. The smallest absolute Gasteiger partial charge is 0.270 e. The molecule has 1 amide bonds. The average molecular weight is 329 g/mol. The van der Waals surface area contributed by atoms with E-state index in [1.165, 1.54) is 11.3 Å². The number of thiophene rings is 1. The van der Waals surface area contributed by atoms with Crippen LogP contribution >= 0.6 is 11.3 Å². The summed E-state index contributed by atoms with van der Waals surface area (Å²) in [6.45, 7) is 0.127. The number of aromatic nitrogens is 2. The van der Waals surface area contributed by atoms with E-state index in [0.717, 1.165) is 4.88 Å². The van der Waals surface area contributed by atoms with Gasteiger partial charge in [0, 0.05) is 0 Å². The lowest BCUT2D eigenvalue weighted by Gasteiger charge is -2.25. The van der Waals surface area contributed by atoms with Crippen LogP contribution in [0, 0.1) is 0 Å². The van der Waals surface area contributed by atoms with Gasteiger partial charge in [0.25, 0.3) is 5.91 Å². The monoisotopic (exact) mass is 329 g/mol. The van der Waals surface area contributed by atoms with Crippen molar-refractivity contribution < 1.29 is 18.9 Å². The second kappa shape index (κ2) is 5.73. The number of nitrogens with zero attached hydrogens (tertiary/aromatic N) is 2. The van der Waals surface area contributed by atoms with Crippen molar-refractivity contribution in [3.8, 4) is 22.1 Å². The fourth-order valence-electron chi connectivity index (χ4n) is 2.19. The molecule has 7 nitrogen and oxygen atoms in total. The molecule has 0 aliphatic carbocycles. The number of hydrogen-bond acceptors (Lipinski definition) is 7. The Balaban J connectivity index is 1.51. The van der Waals surface area contributed by atoms with Gasteiger partial charge in [0.1, 0.15) is 6.61 Å². The molecular formula is C15H11N3O4S. The molecule has 0 bridgehead atoms. The van der Waals surface area contributed by atoms with Crippen LogP contribution in [0.25, 0.3) is 10.6 Å². The quantitative estimate of drug-likeness (QED) is 0.795. The molecule has 8 heteroatoms. The molecule has 23 heavy (non-hydrogen) atoms. The topological polar surface area (TPSA) is 86.5 Å². The summed E-state index contributed by atoms with van der Waals surface area (Å²) in [6, 6.07) is 11.0. The maximum Gasteiger partial charge on any atom is 0.270 e. The van der Waals surface area contributed by atoms with Gasteiger partial charge in [0.05, 0.1) is 4.88 Å². The van der Waals surface area contributed by atoms with Gasteiger partial charge in [-0.3, -0.25) is 4.79 Å². The number of rotatable bonds is 3. The lowest BCUT2D eigenvalue weighted by molar-refractivity contribution is -0.125. The van der Waals surface area contributed by atoms with Gasteiger partial charge < -0.3 is 14.8 Å². The van der Waals surface area contributed by atoms with Crippen molar-refractivity contribution in [1.82, 2.24) is 10.3 Å². The van der Waals surface area contributed by atoms with E-state index in [0.29, 0.717) is 17.2 Å². The molecule has 3 aromatic rings. The lowest BCUT2D eigenvalue weighted by atomic mass is 10.2. The highest BCUT2D eigenvalue weighted by atomic mass is 32.1. The summed E-state index contributed by atoms with van der Waals surface area (Å²) in [5, 5.41) is 12.2. The molecular weight excluding hydrogens is 318 g/mol. The predicted octanol–water partition coefficient (Wildman–Crippen LogP) is 2.58. The molecule has 4 rings (SSSR count). The molecule has 3 heterocycles. The zero-order valence-electron chi connectivity index (χ0n) is 11.8. The van der Waals surface area contributed by atoms with Crippen molar-refractivity contribution in [2.24, 2.45) is 0 Å². The van der Waals surface area contributed by atoms with Crippen LogP contribution in [-0.2, 0) is 4.79 Å². The van der Waals surface area contributed by atoms with Crippen molar-refractivity contribution in [3.05, 3.63) is 41.8 Å². The Labute approximate surface area is 134 Å². The Bertz CT molecular complexity index is 831. The number of ether oxygens (including phenoxy) is 2. The molecule has 1 aliphatic rings. The number of amides is 1. The number of anilines is 1. The van der Waals surface area contributed by atoms with E-state index >= 15 is 0 Å². The number of fused-ring (bicyclic) bond motifs is 1. The van der Waals surface area contributed by atoms with Crippen LogP contribution in [-0.4, -0.2) is 28.9 Å². The number of nitrogens with one attached hydrogen (secondary N) is 1. The summed E-state index contributed by atoms with van der Waals surface area (Å²) in [5.41, 5.74) is 0.491. The molecule has 1 atom stereocenters. The van der Waals surface area contributed by atoms with Crippen molar-refractivity contribution in [2.75, 3.05) is 11.9 Å². The highest BCUT2D eigenvalue weighted by Gasteiger charge is 2.29. The van der Waals surface area contributed by atoms with E-state index in [9.17, 15) is 4.79 Å². The highest BCUT2D eigenvalue weighted by molar-refractivity contribution is 7.13. The summed E-state index contributed by atoms with van der Waals surface area (Å²) in [5.74, 6) is 1.06. The largest absolute Gasteiger partial charge is 0.485 e. The lowest BCUT2D eigenvalue weighted by Crippen LogP contribution is -2.40. The molecule has 1 aromatic carbocycles. The number of benzene rings is 1. The van der Waals surface area contributed by atoms with Gasteiger partial charge in [-0.05, 0) is 33.9 Å². The third kappa shape index (κ3) is 2.64. The van der Waals surface area contributed by atoms with E-state index < -0.39 is 6.10 Å². The van der Waals surface area contributed by atoms with E-state index in [-0.39, 0.29) is 18.3 Å². The summed E-state index contributed by atoms with van der Waals surface area (Å²) < 4.78 is 15.9. The van der Waals surface area contributed by atoms with Crippen LogP contribution in [0.5, 0.6) is 11.5 Å². The highest BCUT2D eigenvalue weighted by Crippen LogP contribution is 2.32. The number of carbonyl (C=O) groups excluding carboxylic acids is 1. The SMILES string of the molecule is O=C(Nc1nonc1-c1cccs1)C1COc2ccccc2O1. The van der Waals surface area contributed by atoms with E-state index in [1.54, 1.807) is 12.1 Å². The molecule has 1 N–H and O–H groups in total. The van der Waals surface area contributed by atoms with E-state index in [1.807, 2.05) is 29.6 Å².